The number of halogens is 1. The molecule has 26 heavy (non-hydrogen) atoms. The Morgan fingerprint density at radius 3 is 2.65 bits per heavy atom. The highest BCUT2D eigenvalue weighted by molar-refractivity contribution is 6.38. The van der Waals surface area contributed by atoms with Crippen LogP contribution in [0.1, 0.15) is 16.1 Å². The molecule has 1 N–H and O–H groups in total. The second-order valence-electron chi connectivity index (χ2n) is 5.63. The van der Waals surface area contributed by atoms with Crippen LogP contribution in [-0.2, 0) is 4.74 Å². The van der Waals surface area contributed by atoms with Crippen LogP contribution in [0.2, 0.25) is 5.02 Å². The number of carbonyl (C=O) groups is 1. The predicted octanol–water partition coefficient (Wildman–Crippen LogP) is 2.77. The highest BCUT2D eigenvalue weighted by Gasteiger charge is 2.19. The first-order chi connectivity index (χ1) is 12.6. The van der Waals surface area contributed by atoms with E-state index in [1.807, 2.05) is 31.2 Å². The van der Waals surface area contributed by atoms with Gasteiger partial charge in [0.2, 0.25) is 0 Å². The molecule has 0 saturated carbocycles. The van der Waals surface area contributed by atoms with Gasteiger partial charge in [0, 0.05) is 19.9 Å². The molecule has 0 saturated heterocycles. The summed E-state index contributed by atoms with van der Waals surface area (Å²) in [6.45, 7) is 2.66. The van der Waals surface area contributed by atoms with Crippen LogP contribution >= 0.6 is 11.6 Å². The van der Waals surface area contributed by atoms with Crippen LogP contribution in [0.3, 0.4) is 0 Å². The van der Waals surface area contributed by atoms with Crippen molar-refractivity contribution in [1.29, 1.82) is 0 Å². The monoisotopic (exact) mass is 374 g/mol. The number of rotatable bonds is 6. The minimum Gasteiger partial charge on any atom is -0.497 e. The second kappa shape index (κ2) is 7.72. The molecule has 2 aromatic heterocycles. The Morgan fingerprint density at radius 1 is 1.27 bits per heavy atom. The number of nitrogens with zero attached hydrogens (tertiary/aromatic N) is 3. The molecule has 1 aromatic carbocycles. The molecule has 0 unspecified atom stereocenters. The highest BCUT2D eigenvalue weighted by atomic mass is 35.5. The number of amides is 1. The number of methoxy groups -OCH3 is 2. The molecule has 136 valence electrons. The number of ether oxygens (including phenoxy) is 2. The molecule has 0 spiro atoms. The van der Waals surface area contributed by atoms with Crippen LogP contribution < -0.4 is 10.1 Å². The topological polar surface area (TPSA) is 78.3 Å². The summed E-state index contributed by atoms with van der Waals surface area (Å²) in [7, 11) is 3.19. The molecule has 1 amide bonds. The van der Waals surface area contributed by atoms with Gasteiger partial charge in [-0.3, -0.25) is 4.79 Å². The summed E-state index contributed by atoms with van der Waals surface area (Å²) >= 11 is 6.50. The zero-order valence-electron chi connectivity index (χ0n) is 14.7. The number of aromatic nitrogens is 3. The number of aryl methyl sites for hydroxylation is 1. The predicted molar refractivity (Wildman–Crippen MR) is 99.4 cm³/mol. The zero-order chi connectivity index (χ0) is 18.7. The fourth-order valence-electron chi connectivity index (χ4n) is 2.63. The first kappa shape index (κ1) is 18.2. The van der Waals surface area contributed by atoms with E-state index in [1.165, 1.54) is 6.20 Å². The van der Waals surface area contributed by atoms with Crippen LogP contribution in [-0.4, -0.2) is 48.0 Å². The molecular weight excluding hydrogens is 356 g/mol. The molecule has 7 nitrogen and oxygen atoms in total. The Hall–Kier alpha value is -2.64. The maximum absolute atomic E-state index is 12.3. The van der Waals surface area contributed by atoms with Crippen molar-refractivity contribution in [2.24, 2.45) is 0 Å². The number of pyridine rings is 1. The molecule has 8 heteroatoms. The van der Waals surface area contributed by atoms with Crippen molar-refractivity contribution in [1.82, 2.24) is 20.1 Å². The number of hydrogen-bond donors (Lipinski definition) is 1. The first-order valence-electron chi connectivity index (χ1n) is 8.02. The third-order valence-corrected chi connectivity index (χ3v) is 4.35. The molecule has 3 rings (SSSR count). The number of benzene rings is 1. The smallest absolute Gasteiger partial charge is 0.254 e. The Labute approximate surface area is 155 Å². The molecule has 2 heterocycles. The summed E-state index contributed by atoms with van der Waals surface area (Å²) in [6.07, 6.45) is 1.47. The first-order valence-corrected chi connectivity index (χ1v) is 8.40. The minimum atomic E-state index is -0.293. The largest absolute Gasteiger partial charge is 0.497 e. The van der Waals surface area contributed by atoms with E-state index in [1.54, 1.807) is 18.9 Å². The summed E-state index contributed by atoms with van der Waals surface area (Å²) in [6, 6.07) is 7.45. The maximum atomic E-state index is 12.3. The third-order valence-electron chi connectivity index (χ3n) is 3.96. The van der Waals surface area contributed by atoms with E-state index >= 15 is 0 Å². The molecule has 0 aliphatic heterocycles. The number of hydrogen-bond acceptors (Lipinski definition) is 5. The van der Waals surface area contributed by atoms with Gasteiger partial charge in [-0.15, -0.1) is 0 Å². The van der Waals surface area contributed by atoms with Gasteiger partial charge in [-0.05, 0) is 31.2 Å². The zero-order valence-corrected chi connectivity index (χ0v) is 15.5. The van der Waals surface area contributed by atoms with E-state index in [9.17, 15) is 4.79 Å². The SMILES string of the molecule is COCCNC(=O)c1cnc2c(c(C)nn2-c2ccc(OC)cc2)c1Cl. The van der Waals surface area contributed by atoms with Gasteiger partial charge in [-0.1, -0.05) is 11.6 Å². The van der Waals surface area contributed by atoms with E-state index in [0.29, 0.717) is 40.5 Å². The summed E-state index contributed by atoms with van der Waals surface area (Å²) in [5.41, 5.74) is 2.42. The van der Waals surface area contributed by atoms with Gasteiger partial charge in [-0.25, -0.2) is 9.67 Å². The second-order valence-corrected chi connectivity index (χ2v) is 6.01. The van der Waals surface area contributed by atoms with Crippen molar-refractivity contribution in [2.45, 2.75) is 6.92 Å². The van der Waals surface area contributed by atoms with Gasteiger partial charge >= 0.3 is 0 Å². The van der Waals surface area contributed by atoms with Gasteiger partial charge in [-0.2, -0.15) is 5.10 Å². The quantitative estimate of drug-likeness (QED) is 0.671. The Bertz CT molecular complexity index is 938. The maximum Gasteiger partial charge on any atom is 0.254 e. The molecule has 0 radical (unpaired) electrons. The minimum absolute atomic E-state index is 0.293. The Kier molecular flexibility index (Phi) is 5.39. The number of fused-ring (bicyclic) bond motifs is 1. The van der Waals surface area contributed by atoms with Crippen molar-refractivity contribution >= 4 is 28.5 Å². The molecule has 0 bridgehead atoms. The molecule has 0 aliphatic carbocycles. The molecule has 3 aromatic rings. The van der Waals surface area contributed by atoms with E-state index in [4.69, 9.17) is 21.1 Å². The van der Waals surface area contributed by atoms with Gasteiger partial charge in [0.25, 0.3) is 5.91 Å². The molecular formula is C18H19ClN4O3. The third kappa shape index (κ3) is 3.36. The van der Waals surface area contributed by atoms with Crippen LogP contribution in [0.5, 0.6) is 5.75 Å². The van der Waals surface area contributed by atoms with Gasteiger partial charge in [0.15, 0.2) is 5.65 Å². The van der Waals surface area contributed by atoms with Crippen molar-refractivity contribution < 1.29 is 14.3 Å². The van der Waals surface area contributed by atoms with E-state index in [-0.39, 0.29) is 5.91 Å². The summed E-state index contributed by atoms with van der Waals surface area (Å²) in [4.78, 5) is 16.7. The molecule has 0 aliphatic rings. The lowest BCUT2D eigenvalue weighted by atomic mass is 10.2. The number of nitrogens with one attached hydrogen (secondary N) is 1. The van der Waals surface area contributed by atoms with E-state index in [0.717, 1.165) is 11.4 Å². The lowest BCUT2D eigenvalue weighted by molar-refractivity contribution is 0.0937. The summed E-state index contributed by atoms with van der Waals surface area (Å²) < 4.78 is 11.8. The van der Waals surface area contributed by atoms with Crippen molar-refractivity contribution in [2.75, 3.05) is 27.4 Å². The van der Waals surface area contributed by atoms with Crippen LogP contribution in [0.4, 0.5) is 0 Å². The standard InChI is InChI=1S/C18H19ClN4O3/c1-11-15-16(19)14(18(24)20-8-9-25-2)10-21-17(15)23(22-11)12-4-6-13(26-3)7-5-12/h4-7,10H,8-9H2,1-3H3,(H,20,24). The summed E-state index contributed by atoms with van der Waals surface area (Å²) in [5.74, 6) is 0.459. The fourth-order valence-corrected chi connectivity index (χ4v) is 2.99. The summed E-state index contributed by atoms with van der Waals surface area (Å²) in [5, 5.41) is 8.27. The van der Waals surface area contributed by atoms with E-state index < -0.39 is 0 Å². The van der Waals surface area contributed by atoms with Crippen molar-refractivity contribution in [3.63, 3.8) is 0 Å². The lowest BCUT2D eigenvalue weighted by Gasteiger charge is -2.08. The molecule has 0 fully saturated rings. The fraction of sp³-hybridized carbons (Fsp3) is 0.278. The van der Waals surface area contributed by atoms with Crippen molar-refractivity contribution in [3.05, 3.63) is 46.7 Å². The average Bonchev–Trinajstić information content (AvgIpc) is 2.99. The van der Waals surface area contributed by atoms with Crippen LogP contribution in [0, 0.1) is 6.92 Å². The van der Waals surface area contributed by atoms with Gasteiger partial charge in [0.05, 0.1) is 41.1 Å². The Balaban J connectivity index is 2.01. The van der Waals surface area contributed by atoms with Gasteiger partial charge < -0.3 is 14.8 Å². The molecule has 0 atom stereocenters. The van der Waals surface area contributed by atoms with Gasteiger partial charge in [0.1, 0.15) is 5.75 Å². The number of carbonyl (C=O) groups excluding carboxylic acids is 1. The van der Waals surface area contributed by atoms with Crippen molar-refractivity contribution in [3.8, 4) is 11.4 Å². The lowest BCUT2D eigenvalue weighted by Crippen LogP contribution is -2.27. The van der Waals surface area contributed by atoms with Crippen LogP contribution in [0.25, 0.3) is 16.7 Å². The normalized spacial score (nSPS) is 10.9. The average molecular weight is 375 g/mol. The van der Waals surface area contributed by atoms with Crippen LogP contribution in [0.15, 0.2) is 30.5 Å². The Morgan fingerprint density at radius 2 is 2.00 bits per heavy atom. The highest BCUT2D eigenvalue weighted by Crippen LogP contribution is 2.30. The van der Waals surface area contributed by atoms with E-state index in [2.05, 4.69) is 15.4 Å².